The van der Waals surface area contributed by atoms with E-state index in [2.05, 4.69) is 130 Å². The molecule has 0 bridgehead atoms. The molecule has 0 aliphatic carbocycles. The van der Waals surface area contributed by atoms with Gasteiger partial charge in [0.1, 0.15) is 0 Å². The predicted molar refractivity (Wildman–Crippen MR) is 131 cm³/mol. The Labute approximate surface area is 183 Å². The molecule has 0 spiro atoms. The first-order valence-electron chi connectivity index (χ1n) is 10.1. The van der Waals surface area contributed by atoms with Gasteiger partial charge < -0.3 is 4.57 Å². The first kappa shape index (κ1) is 17.5. The summed E-state index contributed by atoms with van der Waals surface area (Å²) in [6, 6.07) is 39.1. The maximum absolute atomic E-state index is 3.61. The van der Waals surface area contributed by atoms with Crippen LogP contribution in [0.3, 0.4) is 0 Å². The Kier molecular flexibility index (Phi) is 4.00. The van der Waals surface area contributed by atoms with E-state index in [1.165, 1.54) is 49.4 Å². The quantitative estimate of drug-likeness (QED) is 0.251. The van der Waals surface area contributed by atoms with Crippen molar-refractivity contribution < 1.29 is 0 Å². The Morgan fingerprint density at radius 1 is 0.533 bits per heavy atom. The molecule has 6 rings (SSSR count). The minimum Gasteiger partial charge on any atom is -0.309 e. The fraction of sp³-hybridized carbons (Fsp3) is 0. The maximum atomic E-state index is 3.61. The first-order chi connectivity index (χ1) is 14.8. The SMILES string of the molecule is Brc1cccc(-c2ccc3c(c2)c2ccc4ccccc4c2n3-c2ccccc2)c1. The summed E-state index contributed by atoms with van der Waals surface area (Å²) in [5, 5.41) is 5.10. The van der Waals surface area contributed by atoms with Gasteiger partial charge in [0.2, 0.25) is 0 Å². The molecule has 0 amide bonds. The van der Waals surface area contributed by atoms with E-state index in [9.17, 15) is 0 Å². The summed E-state index contributed by atoms with van der Waals surface area (Å²) in [5.41, 5.74) is 6.12. The first-order valence-corrected chi connectivity index (χ1v) is 10.9. The zero-order valence-electron chi connectivity index (χ0n) is 16.2. The molecule has 30 heavy (non-hydrogen) atoms. The average molecular weight is 448 g/mol. The highest BCUT2D eigenvalue weighted by atomic mass is 79.9. The second-order valence-corrected chi connectivity index (χ2v) is 8.51. The molecular weight excluding hydrogens is 430 g/mol. The molecule has 2 heteroatoms. The van der Waals surface area contributed by atoms with Gasteiger partial charge in [0.05, 0.1) is 11.0 Å². The van der Waals surface area contributed by atoms with Gasteiger partial charge in [-0.25, -0.2) is 0 Å². The van der Waals surface area contributed by atoms with Gasteiger partial charge in [-0.15, -0.1) is 0 Å². The summed E-state index contributed by atoms with van der Waals surface area (Å²) in [7, 11) is 0. The van der Waals surface area contributed by atoms with Crippen molar-refractivity contribution in [2.24, 2.45) is 0 Å². The molecule has 0 saturated carbocycles. The third kappa shape index (κ3) is 2.68. The lowest BCUT2D eigenvalue weighted by molar-refractivity contribution is 1.19. The summed E-state index contributed by atoms with van der Waals surface area (Å²) >= 11 is 3.61. The fourth-order valence-corrected chi connectivity index (χ4v) is 4.87. The van der Waals surface area contributed by atoms with Crippen LogP contribution in [0.15, 0.2) is 114 Å². The smallest absolute Gasteiger partial charge is 0.0619 e. The molecule has 1 aromatic heterocycles. The minimum absolute atomic E-state index is 1.10. The molecule has 0 aliphatic heterocycles. The molecule has 1 nitrogen and oxygen atoms in total. The summed E-state index contributed by atoms with van der Waals surface area (Å²) in [6.45, 7) is 0. The predicted octanol–water partition coefficient (Wildman–Crippen LogP) is 8.37. The van der Waals surface area contributed by atoms with E-state index in [4.69, 9.17) is 0 Å². The lowest BCUT2D eigenvalue weighted by atomic mass is 10.0. The number of benzene rings is 5. The van der Waals surface area contributed by atoms with Gasteiger partial charge in [-0.05, 0) is 52.9 Å². The number of rotatable bonds is 2. The third-order valence-corrected chi connectivity index (χ3v) is 6.32. The maximum Gasteiger partial charge on any atom is 0.0619 e. The highest BCUT2D eigenvalue weighted by molar-refractivity contribution is 9.10. The number of para-hydroxylation sites is 1. The van der Waals surface area contributed by atoms with Crippen molar-refractivity contribution >= 4 is 48.5 Å². The van der Waals surface area contributed by atoms with E-state index < -0.39 is 0 Å². The molecule has 0 unspecified atom stereocenters. The molecule has 142 valence electrons. The molecule has 5 aromatic carbocycles. The van der Waals surface area contributed by atoms with Crippen molar-refractivity contribution in [3.05, 3.63) is 114 Å². The van der Waals surface area contributed by atoms with E-state index in [0.29, 0.717) is 0 Å². The molecule has 0 N–H and O–H groups in total. The summed E-state index contributed by atoms with van der Waals surface area (Å²) in [4.78, 5) is 0. The van der Waals surface area contributed by atoms with E-state index in [1.54, 1.807) is 0 Å². The van der Waals surface area contributed by atoms with Crippen LogP contribution in [0.1, 0.15) is 0 Å². The van der Waals surface area contributed by atoms with Crippen LogP contribution in [0.25, 0.3) is 49.4 Å². The second-order valence-electron chi connectivity index (χ2n) is 7.60. The van der Waals surface area contributed by atoms with Gasteiger partial charge in [-0.2, -0.15) is 0 Å². The summed E-state index contributed by atoms with van der Waals surface area (Å²) in [6.07, 6.45) is 0. The number of fused-ring (bicyclic) bond motifs is 5. The molecule has 6 aromatic rings. The van der Waals surface area contributed by atoms with Crippen molar-refractivity contribution in [3.8, 4) is 16.8 Å². The van der Waals surface area contributed by atoms with Gasteiger partial charge in [0.25, 0.3) is 0 Å². The van der Waals surface area contributed by atoms with E-state index >= 15 is 0 Å². The number of hydrogen-bond acceptors (Lipinski definition) is 0. The lowest BCUT2D eigenvalue weighted by Gasteiger charge is -2.10. The van der Waals surface area contributed by atoms with Crippen molar-refractivity contribution in [1.82, 2.24) is 4.57 Å². The van der Waals surface area contributed by atoms with Crippen LogP contribution in [-0.4, -0.2) is 4.57 Å². The van der Waals surface area contributed by atoms with Crippen LogP contribution in [0.2, 0.25) is 0 Å². The molecular formula is C28H18BrN. The topological polar surface area (TPSA) is 4.93 Å². The molecule has 1 heterocycles. The number of nitrogens with zero attached hydrogens (tertiary/aromatic N) is 1. The van der Waals surface area contributed by atoms with Gasteiger partial charge in [0, 0.05) is 26.3 Å². The third-order valence-electron chi connectivity index (χ3n) is 5.82. The summed E-state index contributed by atoms with van der Waals surface area (Å²) in [5.74, 6) is 0. The Morgan fingerprint density at radius 2 is 1.33 bits per heavy atom. The summed E-state index contributed by atoms with van der Waals surface area (Å²) < 4.78 is 3.50. The number of hydrogen-bond donors (Lipinski definition) is 0. The Balaban J connectivity index is 1.76. The van der Waals surface area contributed by atoms with Crippen LogP contribution in [-0.2, 0) is 0 Å². The molecule has 0 aliphatic rings. The fourth-order valence-electron chi connectivity index (χ4n) is 4.47. The molecule has 0 atom stereocenters. The van der Waals surface area contributed by atoms with Crippen molar-refractivity contribution in [3.63, 3.8) is 0 Å². The normalized spacial score (nSPS) is 11.5. The van der Waals surface area contributed by atoms with Crippen LogP contribution in [0.4, 0.5) is 0 Å². The Hall–Kier alpha value is -3.36. The van der Waals surface area contributed by atoms with Crippen LogP contribution < -0.4 is 0 Å². The van der Waals surface area contributed by atoms with Crippen molar-refractivity contribution in [1.29, 1.82) is 0 Å². The Morgan fingerprint density at radius 3 is 2.20 bits per heavy atom. The Bertz CT molecular complexity index is 1540. The lowest BCUT2D eigenvalue weighted by Crippen LogP contribution is -1.93. The molecule has 0 saturated heterocycles. The standard InChI is InChI=1S/C28H18BrN/c29-22-9-6-8-20(17-22)21-14-16-27-26(18-21)25-15-13-19-7-4-5-12-24(19)28(25)30(27)23-10-2-1-3-11-23/h1-18H. The molecule has 0 radical (unpaired) electrons. The van der Waals surface area contributed by atoms with Gasteiger partial charge in [-0.3, -0.25) is 0 Å². The van der Waals surface area contributed by atoms with E-state index in [0.717, 1.165) is 4.47 Å². The van der Waals surface area contributed by atoms with Crippen molar-refractivity contribution in [2.45, 2.75) is 0 Å². The largest absolute Gasteiger partial charge is 0.309 e. The van der Waals surface area contributed by atoms with E-state index in [-0.39, 0.29) is 0 Å². The van der Waals surface area contributed by atoms with Crippen LogP contribution in [0.5, 0.6) is 0 Å². The highest BCUT2D eigenvalue weighted by Crippen LogP contribution is 2.38. The second kappa shape index (κ2) is 6.86. The van der Waals surface area contributed by atoms with E-state index in [1.807, 2.05) is 0 Å². The van der Waals surface area contributed by atoms with Gasteiger partial charge in [-0.1, -0.05) is 88.7 Å². The average Bonchev–Trinajstić information content (AvgIpc) is 3.14. The van der Waals surface area contributed by atoms with Crippen molar-refractivity contribution in [2.75, 3.05) is 0 Å². The van der Waals surface area contributed by atoms with Crippen LogP contribution in [0, 0.1) is 0 Å². The number of aromatic nitrogens is 1. The van der Waals surface area contributed by atoms with Crippen LogP contribution >= 0.6 is 15.9 Å². The molecule has 0 fully saturated rings. The monoisotopic (exact) mass is 447 g/mol. The van der Waals surface area contributed by atoms with Gasteiger partial charge >= 0.3 is 0 Å². The number of halogens is 1. The van der Waals surface area contributed by atoms with Gasteiger partial charge in [0.15, 0.2) is 0 Å². The zero-order valence-corrected chi connectivity index (χ0v) is 17.8. The minimum atomic E-state index is 1.10. The zero-order chi connectivity index (χ0) is 20.1. The highest BCUT2D eigenvalue weighted by Gasteiger charge is 2.15.